The van der Waals surface area contributed by atoms with Gasteiger partial charge in [0.2, 0.25) is 0 Å². The second-order valence-corrected chi connectivity index (χ2v) is 6.95. The zero-order valence-electron chi connectivity index (χ0n) is 16.7. The van der Waals surface area contributed by atoms with Crippen molar-refractivity contribution in [1.82, 2.24) is 0 Å². The topological polar surface area (TPSA) is 77.8 Å². The van der Waals surface area contributed by atoms with Crippen LogP contribution in [0.1, 0.15) is 12.5 Å². The van der Waals surface area contributed by atoms with Gasteiger partial charge in [-0.2, -0.15) is 0 Å². The van der Waals surface area contributed by atoms with Crippen LogP contribution in [0.5, 0.6) is 5.75 Å². The van der Waals surface area contributed by atoms with Gasteiger partial charge >= 0.3 is 5.97 Å². The van der Waals surface area contributed by atoms with Crippen molar-refractivity contribution >= 4 is 39.3 Å². The number of nitrogens with one attached hydrogen (secondary N) is 1. The lowest BCUT2D eigenvalue weighted by Gasteiger charge is -2.13. The van der Waals surface area contributed by atoms with Crippen molar-refractivity contribution in [2.24, 2.45) is 0 Å². The Morgan fingerprint density at radius 1 is 1.03 bits per heavy atom. The smallest absolute Gasteiger partial charge is 0.311 e. The first kappa shape index (κ1) is 19.5. The third-order valence-corrected chi connectivity index (χ3v) is 4.91. The number of esters is 1. The molecule has 0 spiro atoms. The predicted octanol–water partition coefficient (Wildman–Crippen LogP) is 4.71. The summed E-state index contributed by atoms with van der Waals surface area (Å²) in [5, 5.41) is 5.68. The molecule has 6 nitrogen and oxygen atoms in total. The second-order valence-electron chi connectivity index (χ2n) is 6.95. The molecule has 0 aliphatic carbocycles. The number of benzene rings is 3. The van der Waals surface area contributed by atoms with Crippen molar-refractivity contribution in [3.63, 3.8) is 0 Å². The fourth-order valence-corrected chi connectivity index (χ4v) is 3.37. The highest BCUT2D eigenvalue weighted by molar-refractivity contribution is 6.08. The van der Waals surface area contributed by atoms with Gasteiger partial charge < -0.3 is 19.2 Å². The average Bonchev–Trinajstić information content (AvgIpc) is 3.17. The molecule has 0 bridgehead atoms. The Hall–Kier alpha value is -3.80. The first-order valence-corrected chi connectivity index (χ1v) is 9.57. The quantitative estimate of drug-likeness (QED) is 0.472. The molecule has 1 aromatic heterocycles. The molecule has 0 saturated heterocycles. The molecule has 152 valence electrons. The van der Waals surface area contributed by atoms with Gasteiger partial charge in [-0.15, -0.1) is 0 Å². The Balaban J connectivity index is 1.44. The number of methoxy groups -OCH3 is 1. The minimum Gasteiger partial charge on any atom is -0.497 e. The van der Waals surface area contributed by atoms with E-state index in [-0.39, 0.29) is 6.42 Å². The zero-order chi connectivity index (χ0) is 21.1. The number of rotatable bonds is 6. The number of furan rings is 1. The van der Waals surface area contributed by atoms with E-state index in [9.17, 15) is 9.59 Å². The largest absolute Gasteiger partial charge is 0.497 e. The SMILES string of the molecule is COc1ccc(NC(=O)[C@H](C)OC(=O)Cc2coc3ccc4ccccc4c23)cc1. The van der Waals surface area contributed by atoms with Crippen LogP contribution in [-0.4, -0.2) is 25.1 Å². The van der Waals surface area contributed by atoms with E-state index in [0.29, 0.717) is 17.0 Å². The summed E-state index contributed by atoms with van der Waals surface area (Å²) in [6.07, 6.45) is 0.649. The van der Waals surface area contributed by atoms with Gasteiger partial charge in [0.25, 0.3) is 5.91 Å². The van der Waals surface area contributed by atoms with Crippen LogP contribution < -0.4 is 10.1 Å². The summed E-state index contributed by atoms with van der Waals surface area (Å²) in [6.45, 7) is 1.54. The van der Waals surface area contributed by atoms with Gasteiger partial charge in [-0.1, -0.05) is 30.3 Å². The maximum Gasteiger partial charge on any atom is 0.311 e. The third kappa shape index (κ3) is 3.98. The molecule has 4 rings (SSSR count). The van der Waals surface area contributed by atoms with Crippen LogP contribution in [0.25, 0.3) is 21.7 Å². The standard InChI is InChI=1S/C24H21NO5/c1-15(24(27)25-18-8-10-19(28-2)11-9-18)30-22(26)13-17-14-29-21-12-7-16-5-3-4-6-20(16)23(17)21/h3-12,14-15H,13H2,1-2H3,(H,25,27)/t15-/m0/s1. The summed E-state index contributed by atoms with van der Waals surface area (Å²) < 4.78 is 16.0. The Morgan fingerprint density at radius 3 is 2.57 bits per heavy atom. The minimum atomic E-state index is -0.936. The highest BCUT2D eigenvalue weighted by Gasteiger charge is 2.20. The molecule has 0 aliphatic rings. The van der Waals surface area contributed by atoms with Crippen LogP contribution in [-0.2, 0) is 20.7 Å². The lowest BCUT2D eigenvalue weighted by Crippen LogP contribution is -2.30. The fourth-order valence-electron chi connectivity index (χ4n) is 3.37. The number of amides is 1. The number of fused-ring (bicyclic) bond motifs is 3. The van der Waals surface area contributed by atoms with Crippen molar-refractivity contribution in [3.8, 4) is 5.75 Å². The van der Waals surface area contributed by atoms with Gasteiger partial charge in [-0.3, -0.25) is 9.59 Å². The molecule has 0 saturated carbocycles. The Kier molecular flexibility index (Phi) is 5.39. The summed E-state index contributed by atoms with van der Waals surface area (Å²) in [7, 11) is 1.57. The molecule has 0 fully saturated rings. The van der Waals surface area contributed by atoms with Gasteiger partial charge in [0, 0.05) is 16.6 Å². The molecule has 1 amide bonds. The number of hydrogen-bond acceptors (Lipinski definition) is 5. The number of anilines is 1. The maximum atomic E-state index is 12.5. The van der Waals surface area contributed by atoms with E-state index >= 15 is 0 Å². The van der Waals surface area contributed by atoms with E-state index in [1.165, 1.54) is 0 Å². The predicted molar refractivity (Wildman–Crippen MR) is 115 cm³/mol. The van der Waals surface area contributed by atoms with Crippen LogP contribution in [0.4, 0.5) is 5.69 Å². The molecule has 1 N–H and O–H groups in total. The summed E-state index contributed by atoms with van der Waals surface area (Å²) in [6, 6.07) is 18.7. The van der Waals surface area contributed by atoms with Gasteiger partial charge in [-0.05, 0) is 48.0 Å². The van der Waals surface area contributed by atoms with Crippen LogP contribution in [0.15, 0.2) is 71.3 Å². The van der Waals surface area contributed by atoms with E-state index in [0.717, 1.165) is 21.7 Å². The number of ether oxygens (including phenoxy) is 2. The van der Waals surface area contributed by atoms with Crippen molar-refractivity contribution in [2.75, 3.05) is 12.4 Å². The molecule has 1 atom stereocenters. The third-order valence-electron chi connectivity index (χ3n) is 4.91. The summed E-state index contributed by atoms with van der Waals surface area (Å²) in [5.41, 5.74) is 2.03. The first-order valence-electron chi connectivity index (χ1n) is 9.57. The van der Waals surface area contributed by atoms with E-state index < -0.39 is 18.0 Å². The number of carbonyl (C=O) groups excluding carboxylic acids is 2. The van der Waals surface area contributed by atoms with E-state index in [2.05, 4.69) is 5.32 Å². The van der Waals surface area contributed by atoms with Gasteiger partial charge in [-0.25, -0.2) is 0 Å². The van der Waals surface area contributed by atoms with E-state index in [1.807, 2.05) is 36.4 Å². The lowest BCUT2D eigenvalue weighted by atomic mass is 10.0. The highest BCUT2D eigenvalue weighted by Crippen LogP contribution is 2.30. The first-order chi connectivity index (χ1) is 14.5. The van der Waals surface area contributed by atoms with Crippen molar-refractivity contribution < 1.29 is 23.5 Å². The molecule has 30 heavy (non-hydrogen) atoms. The Bertz CT molecular complexity index is 1210. The summed E-state index contributed by atoms with van der Waals surface area (Å²) >= 11 is 0. The summed E-state index contributed by atoms with van der Waals surface area (Å²) in [4.78, 5) is 24.8. The Labute approximate surface area is 173 Å². The molecule has 0 aliphatic heterocycles. The average molecular weight is 403 g/mol. The van der Waals surface area contributed by atoms with E-state index in [1.54, 1.807) is 44.6 Å². The molecular formula is C24H21NO5. The van der Waals surface area contributed by atoms with E-state index in [4.69, 9.17) is 13.9 Å². The molecule has 3 aromatic carbocycles. The van der Waals surface area contributed by atoms with Crippen molar-refractivity contribution in [3.05, 3.63) is 72.5 Å². The zero-order valence-corrected chi connectivity index (χ0v) is 16.7. The monoisotopic (exact) mass is 403 g/mol. The fraction of sp³-hybridized carbons (Fsp3) is 0.167. The minimum absolute atomic E-state index is 0.0150. The maximum absolute atomic E-state index is 12.5. The number of carbonyl (C=O) groups is 2. The van der Waals surface area contributed by atoms with Crippen LogP contribution >= 0.6 is 0 Å². The second kappa shape index (κ2) is 8.29. The molecular weight excluding hydrogens is 382 g/mol. The molecule has 0 radical (unpaired) electrons. The highest BCUT2D eigenvalue weighted by atomic mass is 16.5. The van der Waals surface area contributed by atoms with Crippen molar-refractivity contribution in [1.29, 1.82) is 0 Å². The van der Waals surface area contributed by atoms with Crippen molar-refractivity contribution in [2.45, 2.75) is 19.4 Å². The summed E-state index contributed by atoms with van der Waals surface area (Å²) in [5.74, 6) is -0.216. The van der Waals surface area contributed by atoms with Crippen LogP contribution in [0.3, 0.4) is 0 Å². The van der Waals surface area contributed by atoms with Gasteiger partial charge in [0.05, 0.1) is 19.8 Å². The molecule has 0 unspecified atom stereocenters. The Morgan fingerprint density at radius 2 is 1.80 bits per heavy atom. The number of hydrogen-bond donors (Lipinski definition) is 1. The van der Waals surface area contributed by atoms with Crippen LogP contribution in [0, 0.1) is 0 Å². The van der Waals surface area contributed by atoms with Gasteiger partial charge in [0.15, 0.2) is 6.10 Å². The molecule has 1 heterocycles. The van der Waals surface area contributed by atoms with Gasteiger partial charge in [0.1, 0.15) is 11.3 Å². The lowest BCUT2D eigenvalue weighted by molar-refractivity contribution is -0.152. The molecule has 4 aromatic rings. The normalized spacial score (nSPS) is 11.9. The molecule has 6 heteroatoms. The van der Waals surface area contributed by atoms with Crippen LogP contribution in [0.2, 0.25) is 0 Å².